The molecule has 0 heterocycles. The number of nitrogens with zero attached hydrogens (tertiary/aromatic N) is 1. The normalized spacial score (nSPS) is 11.1. The fraction of sp³-hybridized carbons (Fsp3) is 0.222. The molecule has 1 amide bonds. The molecule has 11 heteroatoms. The van der Waals surface area contributed by atoms with Crippen LogP contribution in [0.4, 0.5) is 11.4 Å². The van der Waals surface area contributed by atoms with Crippen LogP contribution in [-0.4, -0.2) is 31.5 Å². The topological polar surface area (TPSA) is 158 Å². The lowest BCUT2D eigenvalue weighted by Crippen LogP contribution is -2.31. The molecule has 0 aliphatic rings. The van der Waals surface area contributed by atoms with E-state index >= 15 is 0 Å². The number of sulfonamides is 1. The summed E-state index contributed by atoms with van der Waals surface area (Å²) in [5, 5.41) is 17.5. The van der Waals surface area contributed by atoms with Gasteiger partial charge in [-0.3, -0.25) is 14.9 Å². The van der Waals surface area contributed by atoms with E-state index in [0.717, 1.165) is 12.1 Å². The van der Waals surface area contributed by atoms with E-state index in [4.69, 9.17) is 22.5 Å². The Hall–Kier alpha value is -1.91. The summed E-state index contributed by atoms with van der Waals surface area (Å²) in [7, 11) is -3.72. The highest BCUT2D eigenvalue weighted by Crippen LogP contribution is 2.28. The predicted octanol–water partition coefficient (Wildman–Crippen LogP) is -0.151. The molecule has 0 saturated carbocycles. The van der Waals surface area contributed by atoms with Gasteiger partial charge in [-0.1, -0.05) is 11.6 Å². The minimum Gasteiger partial charge on any atom is -0.397 e. The number of nitrogens with two attached hydrogens (primary N) is 2. The van der Waals surface area contributed by atoms with Gasteiger partial charge < -0.3 is 11.1 Å². The zero-order valence-corrected chi connectivity index (χ0v) is 11.6. The smallest absolute Gasteiger partial charge is 0.271 e. The summed E-state index contributed by atoms with van der Waals surface area (Å²) < 4.78 is 21.4. The first-order valence-corrected chi connectivity index (χ1v) is 7.23. The van der Waals surface area contributed by atoms with E-state index in [0.29, 0.717) is 0 Å². The second-order valence-corrected chi connectivity index (χ2v) is 5.91. The van der Waals surface area contributed by atoms with Gasteiger partial charge in [0.1, 0.15) is 0 Å². The van der Waals surface area contributed by atoms with Crippen LogP contribution in [0.5, 0.6) is 0 Å². The molecule has 1 aromatic rings. The van der Waals surface area contributed by atoms with Gasteiger partial charge in [0.2, 0.25) is 10.0 Å². The number of nitrogen functional groups attached to an aromatic ring is 1. The van der Waals surface area contributed by atoms with Crippen molar-refractivity contribution in [3.63, 3.8) is 0 Å². The summed E-state index contributed by atoms with van der Waals surface area (Å²) >= 11 is 5.69. The highest BCUT2D eigenvalue weighted by Gasteiger charge is 2.18. The van der Waals surface area contributed by atoms with Crippen molar-refractivity contribution in [1.82, 2.24) is 5.32 Å². The number of nitrogens with one attached hydrogen (secondary N) is 1. The first-order chi connectivity index (χ1) is 9.11. The van der Waals surface area contributed by atoms with Crippen LogP contribution in [0, 0.1) is 10.1 Å². The van der Waals surface area contributed by atoms with Gasteiger partial charge in [-0.25, -0.2) is 13.6 Å². The molecule has 0 fully saturated rings. The average Bonchev–Trinajstić information content (AvgIpc) is 2.30. The van der Waals surface area contributed by atoms with Crippen LogP contribution in [0.25, 0.3) is 0 Å². The maximum Gasteiger partial charge on any atom is 0.271 e. The fourth-order valence-corrected chi connectivity index (χ4v) is 1.90. The number of nitro benzene ring substituents is 1. The van der Waals surface area contributed by atoms with Crippen LogP contribution in [-0.2, 0) is 10.0 Å². The molecule has 9 nitrogen and oxygen atoms in total. The highest BCUT2D eigenvalue weighted by molar-refractivity contribution is 7.89. The van der Waals surface area contributed by atoms with Crippen LogP contribution in [0.2, 0.25) is 5.02 Å². The lowest BCUT2D eigenvalue weighted by Gasteiger charge is -2.08. The number of anilines is 1. The van der Waals surface area contributed by atoms with Crippen LogP contribution in [0.1, 0.15) is 10.4 Å². The van der Waals surface area contributed by atoms with Crippen molar-refractivity contribution in [2.75, 3.05) is 18.0 Å². The quantitative estimate of drug-likeness (QED) is 0.388. The molecule has 0 aromatic heterocycles. The van der Waals surface area contributed by atoms with Crippen molar-refractivity contribution >= 4 is 38.9 Å². The maximum atomic E-state index is 11.8. The zero-order chi connectivity index (χ0) is 15.5. The Kier molecular flexibility index (Phi) is 4.87. The van der Waals surface area contributed by atoms with Gasteiger partial charge in [0.15, 0.2) is 0 Å². The molecule has 0 saturated heterocycles. The molecule has 0 spiro atoms. The van der Waals surface area contributed by atoms with Crippen LogP contribution < -0.4 is 16.2 Å². The molecule has 110 valence electrons. The summed E-state index contributed by atoms with van der Waals surface area (Å²) in [6, 6.07) is 1.96. The van der Waals surface area contributed by atoms with Gasteiger partial charge in [-0.2, -0.15) is 0 Å². The van der Waals surface area contributed by atoms with E-state index in [9.17, 15) is 23.3 Å². The first-order valence-electron chi connectivity index (χ1n) is 5.14. The van der Waals surface area contributed by atoms with Crippen molar-refractivity contribution in [3.05, 3.63) is 32.8 Å². The van der Waals surface area contributed by atoms with Crippen molar-refractivity contribution in [2.24, 2.45) is 5.14 Å². The summed E-state index contributed by atoms with van der Waals surface area (Å²) in [6.07, 6.45) is 0. The molecule has 0 aliphatic heterocycles. The minimum absolute atomic E-state index is 0.134. The SMILES string of the molecule is Nc1c(Cl)cc([N+](=O)[O-])cc1C(=O)NCCS(N)(=O)=O. The van der Waals surface area contributed by atoms with E-state index < -0.39 is 32.3 Å². The molecule has 0 aliphatic carbocycles. The van der Waals surface area contributed by atoms with E-state index in [-0.39, 0.29) is 22.8 Å². The Bertz CT molecular complexity index is 661. The van der Waals surface area contributed by atoms with Crippen molar-refractivity contribution in [1.29, 1.82) is 0 Å². The molecular weight excluding hydrogens is 312 g/mol. The number of primary sulfonamides is 1. The van der Waals surface area contributed by atoms with Gasteiger partial charge in [0.05, 0.1) is 26.9 Å². The summed E-state index contributed by atoms with van der Waals surface area (Å²) in [6.45, 7) is -0.253. The molecule has 5 N–H and O–H groups in total. The van der Waals surface area contributed by atoms with E-state index in [1.807, 2.05) is 0 Å². The van der Waals surface area contributed by atoms with Gasteiger partial charge in [0.25, 0.3) is 11.6 Å². The number of benzene rings is 1. The lowest BCUT2D eigenvalue weighted by molar-refractivity contribution is -0.384. The number of carbonyl (C=O) groups is 1. The highest BCUT2D eigenvalue weighted by atomic mass is 35.5. The maximum absolute atomic E-state index is 11.8. The number of rotatable bonds is 5. The number of carbonyl (C=O) groups excluding carboxylic acids is 1. The lowest BCUT2D eigenvalue weighted by atomic mass is 10.1. The van der Waals surface area contributed by atoms with Crippen molar-refractivity contribution in [3.8, 4) is 0 Å². The van der Waals surface area contributed by atoms with Crippen LogP contribution >= 0.6 is 11.6 Å². The summed E-state index contributed by atoms with van der Waals surface area (Å²) in [5.74, 6) is -1.25. The molecule has 0 unspecified atom stereocenters. The Morgan fingerprint density at radius 2 is 2.05 bits per heavy atom. The molecule has 0 atom stereocenters. The first kappa shape index (κ1) is 16.1. The van der Waals surface area contributed by atoms with E-state index in [2.05, 4.69) is 5.32 Å². The minimum atomic E-state index is -3.72. The Morgan fingerprint density at radius 3 is 2.55 bits per heavy atom. The third kappa shape index (κ3) is 4.33. The Morgan fingerprint density at radius 1 is 1.45 bits per heavy atom. The van der Waals surface area contributed by atoms with Gasteiger partial charge in [-0.15, -0.1) is 0 Å². The number of halogens is 1. The third-order valence-corrected chi connectivity index (χ3v) is 3.33. The third-order valence-electron chi connectivity index (χ3n) is 2.24. The molecule has 0 radical (unpaired) electrons. The second-order valence-electron chi connectivity index (χ2n) is 3.77. The number of non-ortho nitro benzene ring substituents is 1. The van der Waals surface area contributed by atoms with Gasteiger partial charge in [-0.05, 0) is 0 Å². The zero-order valence-electron chi connectivity index (χ0n) is 10.00. The second kappa shape index (κ2) is 6.03. The average molecular weight is 323 g/mol. The van der Waals surface area contributed by atoms with E-state index in [1.165, 1.54) is 0 Å². The number of hydrogen-bond acceptors (Lipinski definition) is 6. The number of nitro groups is 1. The van der Waals surface area contributed by atoms with E-state index in [1.54, 1.807) is 0 Å². The van der Waals surface area contributed by atoms with Crippen LogP contribution in [0.3, 0.4) is 0 Å². The van der Waals surface area contributed by atoms with Gasteiger partial charge in [0, 0.05) is 18.7 Å². The number of amides is 1. The van der Waals surface area contributed by atoms with Gasteiger partial charge >= 0.3 is 0 Å². The van der Waals surface area contributed by atoms with Crippen molar-refractivity contribution in [2.45, 2.75) is 0 Å². The molecule has 0 bridgehead atoms. The van der Waals surface area contributed by atoms with Crippen molar-refractivity contribution < 1.29 is 18.1 Å². The summed E-state index contributed by atoms with van der Waals surface area (Å²) in [5.41, 5.74) is 4.81. The number of hydrogen-bond donors (Lipinski definition) is 3. The molecule has 20 heavy (non-hydrogen) atoms. The standard InChI is InChI=1S/C9H11ClN4O5S/c10-7-4-5(14(16)17)3-6(8(7)11)9(15)13-1-2-20(12,18)19/h3-4H,1-2,11H2,(H,13,15)(H2,12,18,19). The molecule has 1 rings (SSSR count). The fourth-order valence-electron chi connectivity index (χ4n) is 1.30. The monoisotopic (exact) mass is 322 g/mol. The predicted molar refractivity (Wildman–Crippen MR) is 72.8 cm³/mol. The Balaban J connectivity index is 2.95. The molecule has 1 aromatic carbocycles. The van der Waals surface area contributed by atoms with Crippen LogP contribution in [0.15, 0.2) is 12.1 Å². The largest absolute Gasteiger partial charge is 0.397 e. The Labute approximate surface area is 119 Å². The molecular formula is C9H11ClN4O5S. The summed E-state index contributed by atoms with van der Waals surface area (Å²) in [4.78, 5) is 21.7.